The number of anilines is 1. The highest BCUT2D eigenvalue weighted by Gasteiger charge is 2.13. The van der Waals surface area contributed by atoms with Crippen LogP contribution in [0.2, 0.25) is 0 Å². The van der Waals surface area contributed by atoms with Gasteiger partial charge in [0.25, 0.3) is 5.91 Å². The fraction of sp³-hybridized carbons (Fsp3) is 0.353. The van der Waals surface area contributed by atoms with E-state index < -0.39 is 0 Å². The minimum Gasteiger partial charge on any atom is -0.484 e. The highest BCUT2D eigenvalue weighted by atomic mass is 16.5. The number of nitrogens with one attached hydrogen (secondary N) is 1. The van der Waals surface area contributed by atoms with Crippen LogP contribution in [0.15, 0.2) is 28.8 Å². The molecule has 0 fully saturated rings. The van der Waals surface area contributed by atoms with Crippen LogP contribution >= 0.6 is 0 Å². The molecule has 1 aromatic heterocycles. The summed E-state index contributed by atoms with van der Waals surface area (Å²) in [6.45, 7) is 3.56. The van der Waals surface area contributed by atoms with Crippen molar-refractivity contribution in [1.29, 1.82) is 0 Å². The summed E-state index contributed by atoms with van der Waals surface area (Å²) in [5, 5.41) is 6.64. The molecule has 7 heteroatoms. The largest absolute Gasteiger partial charge is 0.484 e. The summed E-state index contributed by atoms with van der Waals surface area (Å²) in [7, 11) is 3.34. The van der Waals surface area contributed by atoms with Gasteiger partial charge in [-0.15, -0.1) is 0 Å². The van der Waals surface area contributed by atoms with Crippen molar-refractivity contribution in [3.8, 4) is 5.75 Å². The zero-order valence-corrected chi connectivity index (χ0v) is 14.3. The summed E-state index contributed by atoms with van der Waals surface area (Å²) in [6, 6.07) is 6.85. The van der Waals surface area contributed by atoms with Gasteiger partial charge in [0.2, 0.25) is 5.91 Å². The summed E-state index contributed by atoms with van der Waals surface area (Å²) in [5.41, 5.74) is 2.17. The number of carbonyl (C=O) groups is 2. The van der Waals surface area contributed by atoms with Crippen LogP contribution in [-0.2, 0) is 16.0 Å². The Hall–Kier alpha value is -2.83. The van der Waals surface area contributed by atoms with Gasteiger partial charge in [0.05, 0.1) is 12.1 Å². The minimum absolute atomic E-state index is 0.0231. The molecule has 24 heavy (non-hydrogen) atoms. The standard InChI is InChI=1S/C17H21N3O4/c1-11-15(12(2)24-19-11)9-16(21)18-13-5-7-14(8-6-13)23-10-17(22)20(3)4/h5-8H,9-10H2,1-4H3,(H,18,21). The van der Waals surface area contributed by atoms with Gasteiger partial charge in [-0.2, -0.15) is 0 Å². The molecule has 1 N–H and O–H groups in total. The van der Waals surface area contributed by atoms with Crippen molar-refractivity contribution in [1.82, 2.24) is 10.1 Å². The van der Waals surface area contributed by atoms with Gasteiger partial charge in [-0.1, -0.05) is 5.16 Å². The topological polar surface area (TPSA) is 84.7 Å². The molecule has 0 saturated carbocycles. The molecule has 0 saturated heterocycles. The molecule has 7 nitrogen and oxygen atoms in total. The number of aryl methyl sites for hydroxylation is 2. The molecule has 0 bridgehead atoms. The second kappa shape index (κ2) is 7.63. The van der Waals surface area contributed by atoms with E-state index in [9.17, 15) is 9.59 Å². The second-order valence-electron chi connectivity index (χ2n) is 5.63. The van der Waals surface area contributed by atoms with Gasteiger partial charge in [-0.3, -0.25) is 9.59 Å². The fourth-order valence-corrected chi connectivity index (χ4v) is 2.03. The van der Waals surface area contributed by atoms with Crippen molar-refractivity contribution in [2.45, 2.75) is 20.3 Å². The second-order valence-corrected chi connectivity index (χ2v) is 5.63. The average molecular weight is 331 g/mol. The van der Waals surface area contributed by atoms with Crippen LogP contribution in [0.4, 0.5) is 5.69 Å². The van der Waals surface area contributed by atoms with E-state index in [0.29, 0.717) is 17.2 Å². The smallest absolute Gasteiger partial charge is 0.259 e. The number of likely N-dealkylation sites (N-methyl/N-ethyl adjacent to an activating group) is 1. The number of hydrogen-bond acceptors (Lipinski definition) is 5. The maximum atomic E-state index is 12.1. The molecule has 2 aromatic rings. The average Bonchev–Trinajstić information content (AvgIpc) is 2.85. The van der Waals surface area contributed by atoms with E-state index in [4.69, 9.17) is 9.26 Å². The molecule has 1 heterocycles. The molecule has 0 aliphatic heterocycles. The van der Waals surface area contributed by atoms with Gasteiger partial charge < -0.3 is 19.5 Å². The van der Waals surface area contributed by atoms with E-state index >= 15 is 0 Å². The highest BCUT2D eigenvalue weighted by molar-refractivity contribution is 5.92. The van der Waals surface area contributed by atoms with Crippen LogP contribution in [-0.4, -0.2) is 42.6 Å². The Morgan fingerprint density at radius 3 is 2.42 bits per heavy atom. The Bertz CT molecular complexity index is 700. The van der Waals surface area contributed by atoms with Crippen LogP contribution in [0.1, 0.15) is 17.0 Å². The quantitative estimate of drug-likeness (QED) is 0.874. The lowest BCUT2D eigenvalue weighted by Crippen LogP contribution is -2.27. The molecule has 128 valence electrons. The van der Waals surface area contributed by atoms with Crippen molar-refractivity contribution in [2.24, 2.45) is 0 Å². The number of ether oxygens (including phenoxy) is 1. The van der Waals surface area contributed by atoms with Crippen LogP contribution in [0.25, 0.3) is 0 Å². The molecule has 0 aliphatic carbocycles. The minimum atomic E-state index is -0.152. The number of benzene rings is 1. The van der Waals surface area contributed by atoms with Crippen LogP contribution in [0, 0.1) is 13.8 Å². The van der Waals surface area contributed by atoms with Gasteiger partial charge >= 0.3 is 0 Å². The first-order valence-corrected chi connectivity index (χ1v) is 7.51. The first-order valence-electron chi connectivity index (χ1n) is 7.51. The number of nitrogens with zero attached hydrogens (tertiary/aromatic N) is 2. The lowest BCUT2D eigenvalue weighted by atomic mass is 10.1. The summed E-state index contributed by atoms with van der Waals surface area (Å²) in [6.07, 6.45) is 0.205. The molecule has 0 radical (unpaired) electrons. The van der Waals surface area contributed by atoms with Crippen molar-refractivity contribution >= 4 is 17.5 Å². The third-order valence-corrected chi connectivity index (χ3v) is 3.52. The Balaban J connectivity index is 1.89. The molecular weight excluding hydrogens is 310 g/mol. The predicted octanol–water partition coefficient (Wildman–Crippen LogP) is 1.94. The molecule has 0 spiro atoms. The molecule has 2 amide bonds. The van der Waals surface area contributed by atoms with Crippen molar-refractivity contribution in [3.63, 3.8) is 0 Å². The van der Waals surface area contributed by atoms with Gasteiger partial charge in [-0.25, -0.2) is 0 Å². The zero-order valence-electron chi connectivity index (χ0n) is 14.3. The predicted molar refractivity (Wildman–Crippen MR) is 88.9 cm³/mol. The van der Waals surface area contributed by atoms with E-state index in [0.717, 1.165) is 11.3 Å². The maximum absolute atomic E-state index is 12.1. The van der Waals surface area contributed by atoms with E-state index in [-0.39, 0.29) is 24.8 Å². The number of hydrogen-bond donors (Lipinski definition) is 1. The Labute approximate surface area is 140 Å². The van der Waals surface area contributed by atoms with E-state index in [2.05, 4.69) is 10.5 Å². The molecule has 2 rings (SSSR count). The highest BCUT2D eigenvalue weighted by Crippen LogP contribution is 2.17. The zero-order chi connectivity index (χ0) is 17.7. The van der Waals surface area contributed by atoms with E-state index in [1.807, 2.05) is 0 Å². The van der Waals surface area contributed by atoms with Gasteiger partial charge in [0.1, 0.15) is 11.5 Å². The Morgan fingerprint density at radius 1 is 1.21 bits per heavy atom. The number of rotatable bonds is 6. The van der Waals surface area contributed by atoms with Gasteiger partial charge in [0, 0.05) is 25.3 Å². The van der Waals surface area contributed by atoms with Crippen LogP contribution in [0.3, 0.4) is 0 Å². The SMILES string of the molecule is Cc1noc(C)c1CC(=O)Nc1ccc(OCC(=O)N(C)C)cc1. The summed E-state index contributed by atoms with van der Waals surface area (Å²) >= 11 is 0. The molecule has 0 unspecified atom stereocenters. The van der Waals surface area contributed by atoms with Crippen molar-refractivity contribution < 1.29 is 18.8 Å². The number of carbonyl (C=O) groups excluding carboxylic acids is 2. The first kappa shape index (κ1) is 17.5. The lowest BCUT2D eigenvalue weighted by Gasteiger charge is -2.11. The summed E-state index contributed by atoms with van der Waals surface area (Å²) in [4.78, 5) is 25.0. The molecule has 0 aliphatic rings. The van der Waals surface area contributed by atoms with Gasteiger partial charge in [0.15, 0.2) is 6.61 Å². The summed E-state index contributed by atoms with van der Waals surface area (Å²) < 4.78 is 10.4. The van der Waals surface area contributed by atoms with Gasteiger partial charge in [-0.05, 0) is 38.1 Å². The fourth-order valence-electron chi connectivity index (χ4n) is 2.03. The first-order chi connectivity index (χ1) is 11.4. The lowest BCUT2D eigenvalue weighted by molar-refractivity contribution is -0.130. The maximum Gasteiger partial charge on any atom is 0.259 e. The molecule has 0 atom stereocenters. The van der Waals surface area contributed by atoms with Crippen molar-refractivity contribution in [2.75, 3.05) is 26.0 Å². The monoisotopic (exact) mass is 331 g/mol. The van der Waals surface area contributed by atoms with Crippen LogP contribution in [0.5, 0.6) is 5.75 Å². The Morgan fingerprint density at radius 2 is 1.88 bits per heavy atom. The summed E-state index contributed by atoms with van der Waals surface area (Å²) in [5.74, 6) is 0.943. The number of amides is 2. The molecular formula is C17H21N3O4. The van der Waals surface area contributed by atoms with Crippen molar-refractivity contribution in [3.05, 3.63) is 41.3 Å². The third kappa shape index (κ3) is 4.58. The third-order valence-electron chi connectivity index (χ3n) is 3.52. The Kier molecular flexibility index (Phi) is 5.57. The molecule has 1 aromatic carbocycles. The van der Waals surface area contributed by atoms with E-state index in [1.165, 1.54) is 4.90 Å². The van der Waals surface area contributed by atoms with E-state index in [1.54, 1.807) is 52.2 Å². The number of aromatic nitrogens is 1. The van der Waals surface area contributed by atoms with Crippen LogP contribution < -0.4 is 10.1 Å². The normalized spacial score (nSPS) is 10.3.